The lowest BCUT2D eigenvalue weighted by atomic mass is 10.0. The van der Waals surface area contributed by atoms with Crippen LogP contribution in [0.4, 0.5) is 0 Å². The molecule has 21 heavy (non-hydrogen) atoms. The second-order valence-corrected chi connectivity index (χ2v) is 6.60. The van der Waals surface area contributed by atoms with Crippen LogP contribution < -0.4 is 4.74 Å². The van der Waals surface area contributed by atoms with Gasteiger partial charge in [0.05, 0.1) is 13.2 Å². The number of piperazine rings is 1. The summed E-state index contributed by atoms with van der Waals surface area (Å²) in [4.78, 5) is 4.89. The highest BCUT2D eigenvalue weighted by Crippen LogP contribution is 2.37. The fourth-order valence-corrected chi connectivity index (χ4v) is 3.75. The third-order valence-electron chi connectivity index (χ3n) is 5.32. The molecule has 1 aliphatic heterocycles. The van der Waals surface area contributed by atoms with Gasteiger partial charge in [0, 0.05) is 31.2 Å². The number of rotatable bonds is 2. The highest BCUT2D eigenvalue weighted by Gasteiger charge is 2.39. The summed E-state index contributed by atoms with van der Waals surface area (Å²) in [5.74, 6) is 0.827. The van der Waals surface area contributed by atoms with E-state index >= 15 is 0 Å². The smallest absolute Gasteiger partial charge is 0.119 e. The van der Waals surface area contributed by atoms with Gasteiger partial charge < -0.3 is 9.84 Å². The minimum Gasteiger partial charge on any atom is -0.497 e. The molecular formula is C17H26N2O2. The maximum Gasteiger partial charge on any atom is 0.119 e. The number of aliphatic hydroxyl groups is 1. The average Bonchev–Trinajstić information content (AvgIpc) is 2.81. The van der Waals surface area contributed by atoms with Gasteiger partial charge in [0.1, 0.15) is 5.75 Å². The van der Waals surface area contributed by atoms with Gasteiger partial charge in [-0.15, -0.1) is 0 Å². The number of benzene rings is 1. The van der Waals surface area contributed by atoms with E-state index < -0.39 is 6.10 Å². The Morgan fingerprint density at radius 2 is 1.86 bits per heavy atom. The molecule has 1 aromatic rings. The van der Waals surface area contributed by atoms with Gasteiger partial charge >= 0.3 is 0 Å². The van der Waals surface area contributed by atoms with Crippen molar-refractivity contribution in [2.45, 2.75) is 44.5 Å². The summed E-state index contributed by atoms with van der Waals surface area (Å²) in [5, 5.41) is 10.7. The molecule has 0 bridgehead atoms. The molecule has 1 saturated heterocycles. The topological polar surface area (TPSA) is 35.9 Å². The van der Waals surface area contributed by atoms with Crippen LogP contribution in [0, 0.1) is 0 Å². The van der Waals surface area contributed by atoms with Crippen LogP contribution in [0.3, 0.4) is 0 Å². The van der Waals surface area contributed by atoms with Crippen LogP contribution in [0.5, 0.6) is 5.75 Å². The lowest BCUT2D eigenvalue weighted by Gasteiger charge is -2.45. The van der Waals surface area contributed by atoms with Gasteiger partial charge in [0.15, 0.2) is 0 Å². The minimum atomic E-state index is -0.405. The van der Waals surface area contributed by atoms with E-state index in [4.69, 9.17) is 4.74 Å². The zero-order chi connectivity index (χ0) is 15.1. The van der Waals surface area contributed by atoms with Crippen molar-refractivity contribution in [1.82, 2.24) is 9.80 Å². The number of fused-ring (bicyclic) bond motifs is 1. The third kappa shape index (κ3) is 2.56. The summed E-state index contributed by atoms with van der Waals surface area (Å²) < 4.78 is 5.29. The zero-order valence-electron chi connectivity index (χ0n) is 13.4. The van der Waals surface area contributed by atoms with Crippen LogP contribution in [0.25, 0.3) is 0 Å². The lowest BCUT2D eigenvalue weighted by molar-refractivity contribution is -0.00763. The Balaban J connectivity index is 1.80. The summed E-state index contributed by atoms with van der Waals surface area (Å²) in [6, 6.07) is 7.33. The van der Waals surface area contributed by atoms with Crippen molar-refractivity contribution in [1.29, 1.82) is 0 Å². The number of methoxy groups -OCH3 is 1. The van der Waals surface area contributed by atoms with Crippen LogP contribution in [0.2, 0.25) is 0 Å². The molecule has 2 aliphatic rings. The highest BCUT2D eigenvalue weighted by atomic mass is 16.5. The Kier molecular flexibility index (Phi) is 3.95. The van der Waals surface area contributed by atoms with Crippen molar-refractivity contribution in [2.24, 2.45) is 0 Å². The quantitative estimate of drug-likeness (QED) is 0.899. The van der Waals surface area contributed by atoms with E-state index in [1.165, 1.54) is 5.56 Å². The van der Waals surface area contributed by atoms with Crippen molar-refractivity contribution in [2.75, 3.05) is 27.2 Å². The maximum atomic E-state index is 10.7. The molecule has 0 aromatic heterocycles. The summed E-state index contributed by atoms with van der Waals surface area (Å²) in [6.45, 7) is 6.57. The first kappa shape index (κ1) is 14.8. The van der Waals surface area contributed by atoms with Crippen molar-refractivity contribution < 1.29 is 9.84 Å². The summed E-state index contributed by atoms with van der Waals surface area (Å²) >= 11 is 0. The fourth-order valence-electron chi connectivity index (χ4n) is 3.75. The van der Waals surface area contributed by atoms with Crippen LogP contribution in [-0.4, -0.2) is 60.3 Å². The van der Waals surface area contributed by atoms with E-state index in [-0.39, 0.29) is 6.04 Å². The second-order valence-electron chi connectivity index (χ2n) is 6.60. The minimum absolute atomic E-state index is 0.200. The monoisotopic (exact) mass is 290 g/mol. The third-order valence-corrected chi connectivity index (χ3v) is 5.32. The number of hydrogen-bond acceptors (Lipinski definition) is 4. The first-order valence-corrected chi connectivity index (χ1v) is 7.82. The van der Waals surface area contributed by atoms with Gasteiger partial charge in [-0.2, -0.15) is 0 Å². The molecule has 1 fully saturated rings. The number of nitrogens with zero attached hydrogens (tertiary/aromatic N) is 2. The summed E-state index contributed by atoms with van der Waals surface area (Å²) in [6.07, 6.45) is 0.529. The number of likely N-dealkylation sites (N-methyl/N-ethyl adjacent to an activating group) is 1. The second kappa shape index (κ2) is 5.59. The van der Waals surface area contributed by atoms with Crippen LogP contribution in [0.1, 0.15) is 31.1 Å². The lowest BCUT2D eigenvalue weighted by Crippen LogP contribution is -2.58. The molecule has 1 N–H and O–H groups in total. The van der Waals surface area contributed by atoms with Gasteiger partial charge in [-0.25, -0.2) is 0 Å². The van der Waals surface area contributed by atoms with E-state index in [0.717, 1.165) is 30.8 Å². The SMILES string of the molecule is COc1ccc2c(c1)C(O)C(N1CC(C)N(C)C(C)C1)C2. The first-order valence-electron chi connectivity index (χ1n) is 7.82. The molecule has 1 aliphatic carbocycles. The largest absolute Gasteiger partial charge is 0.497 e. The standard InChI is InChI=1S/C17H26N2O2/c1-11-9-19(10-12(2)18(11)3)16-7-13-5-6-14(21-4)8-15(13)17(16)20/h5-6,8,11-12,16-17,20H,7,9-10H2,1-4H3. The first-order chi connectivity index (χ1) is 10.0. The van der Waals surface area contributed by atoms with Crippen molar-refractivity contribution >= 4 is 0 Å². The van der Waals surface area contributed by atoms with E-state index in [1.807, 2.05) is 12.1 Å². The predicted octanol–water partition coefficient (Wildman–Crippen LogP) is 1.68. The molecular weight excluding hydrogens is 264 g/mol. The maximum absolute atomic E-state index is 10.7. The molecule has 0 amide bonds. The molecule has 1 heterocycles. The van der Waals surface area contributed by atoms with Gasteiger partial charge in [-0.1, -0.05) is 6.07 Å². The molecule has 0 radical (unpaired) electrons. The van der Waals surface area contributed by atoms with Crippen molar-refractivity contribution in [3.63, 3.8) is 0 Å². The Bertz CT molecular complexity index is 508. The normalized spacial score (nSPS) is 34.0. The average molecular weight is 290 g/mol. The Morgan fingerprint density at radius 3 is 2.48 bits per heavy atom. The highest BCUT2D eigenvalue weighted by molar-refractivity contribution is 5.42. The van der Waals surface area contributed by atoms with Crippen molar-refractivity contribution in [3.8, 4) is 5.75 Å². The zero-order valence-corrected chi connectivity index (χ0v) is 13.4. The molecule has 0 spiro atoms. The van der Waals surface area contributed by atoms with Crippen molar-refractivity contribution in [3.05, 3.63) is 29.3 Å². The summed E-state index contributed by atoms with van der Waals surface area (Å²) in [5.41, 5.74) is 2.30. The Hall–Kier alpha value is -1.10. The van der Waals surface area contributed by atoms with E-state index in [1.54, 1.807) is 7.11 Å². The fraction of sp³-hybridized carbons (Fsp3) is 0.647. The molecule has 3 rings (SSSR count). The van der Waals surface area contributed by atoms with Crippen LogP contribution >= 0.6 is 0 Å². The Morgan fingerprint density at radius 1 is 1.19 bits per heavy atom. The molecule has 4 unspecified atom stereocenters. The molecule has 1 aromatic carbocycles. The summed E-state index contributed by atoms with van der Waals surface area (Å²) in [7, 11) is 3.86. The van der Waals surface area contributed by atoms with E-state index in [2.05, 4.69) is 36.8 Å². The predicted molar refractivity (Wildman–Crippen MR) is 83.7 cm³/mol. The molecule has 116 valence electrons. The number of hydrogen-bond donors (Lipinski definition) is 1. The van der Waals surface area contributed by atoms with Gasteiger partial charge in [-0.05, 0) is 50.6 Å². The van der Waals surface area contributed by atoms with E-state index in [9.17, 15) is 5.11 Å². The van der Waals surface area contributed by atoms with Gasteiger partial charge in [-0.3, -0.25) is 9.80 Å². The number of ether oxygens (including phenoxy) is 1. The Labute approximate surface area is 127 Å². The molecule has 0 saturated carbocycles. The van der Waals surface area contributed by atoms with Gasteiger partial charge in [0.2, 0.25) is 0 Å². The van der Waals surface area contributed by atoms with Gasteiger partial charge in [0.25, 0.3) is 0 Å². The van der Waals surface area contributed by atoms with E-state index in [0.29, 0.717) is 12.1 Å². The molecule has 4 atom stereocenters. The van der Waals surface area contributed by atoms with Crippen LogP contribution in [0.15, 0.2) is 18.2 Å². The molecule has 4 heteroatoms. The van der Waals surface area contributed by atoms with Crippen LogP contribution in [-0.2, 0) is 6.42 Å². The molecule has 4 nitrogen and oxygen atoms in total. The number of aliphatic hydroxyl groups excluding tert-OH is 1.